The van der Waals surface area contributed by atoms with Gasteiger partial charge in [0, 0.05) is 32.3 Å². The molecule has 3 heteroatoms. The number of methoxy groups -OCH3 is 1. The fourth-order valence-electron chi connectivity index (χ4n) is 2.76. The molecule has 0 bridgehead atoms. The molecule has 1 saturated heterocycles. The van der Waals surface area contributed by atoms with Gasteiger partial charge < -0.3 is 15.0 Å². The summed E-state index contributed by atoms with van der Waals surface area (Å²) < 4.78 is 5.22. The summed E-state index contributed by atoms with van der Waals surface area (Å²) in [6.45, 7) is 14.9. The molecule has 0 aromatic carbocycles. The number of rotatable bonds is 6. The highest BCUT2D eigenvalue weighted by atomic mass is 16.5. The van der Waals surface area contributed by atoms with Gasteiger partial charge in [-0.15, -0.1) is 0 Å². The monoisotopic (exact) mass is 256 g/mol. The van der Waals surface area contributed by atoms with Crippen LogP contribution in [0.3, 0.4) is 0 Å². The van der Waals surface area contributed by atoms with Crippen molar-refractivity contribution in [1.29, 1.82) is 0 Å². The molecular formula is C15H32N2O. The molecule has 1 aliphatic rings. The summed E-state index contributed by atoms with van der Waals surface area (Å²) in [6.07, 6.45) is 3.59. The smallest absolute Gasteiger partial charge is 0.0467 e. The second-order valence-electron chi connectivity index (χ2n) is 6.81. The van der Waals surface area contributed by atoms with E-state index < -0.39 is 0 Å². The lowest BCUT2D eigenvalue weighted by Crippen LogP contribution is -2.50. The Balaban J connectivity index is 2.53. The van der Waals surface area contributed by atoms with Gasteiger partial charge in [0.05, 0.1) is 0 Å². The largest absolute Gasteiger partial charge is 0.385 e. The van der Waals surface area contributed by atoms with Crippen molar-refractivity contribution in [1.82, 2.24) is 10.2 Å². The summed E-state index contributed by atoms with van der Waals surface area (Å²) in [5, 5.41) is 3.70. The van der Waals surface area contributed by atoms with Crippen LogP contribution in [-0.4, -0.2) is 50.3 Å². The summed E-state index contributed by atoms with van der Waals surface area (Å²) >= 11 is 0. The van der Waals surface area contributed by atoms with E-state index in [4.69, 9.17) is 4.74 Å². The van der Waals surface area contributed by atoms with Crippen molar-refractivity contribution in [2.24, 2.45) is 5.41 Å². The Kier molecular flexibility index (Phi) is 6.09. The lowest BCUT2D eigenvalue weighted by molar-refractivity contribution is 0.106. The van der Waals surface area contributed by atoms with Gasteiger partial charge in [-0.1, -0.05) is 20.8 Å². The summed E-state index contributed by atoms with van der Waals surface area (Å²) in [6, 6.07) is 0. The van der Waals surface area contributed by atoms with E-state index in [1.807, 2.05) is 0 Å². The summed E-state index contributed by atoms with van der Waals surface area (Å²) in [4.78, 5) is 2.64. The van der Waals surface area contributed by atoms with Crippen LogP contribution in [0.25, 0.3) is 0 Å². The van der Waals surface area contributed by atoms with Crippen LogP contribution in [0.15, 0.2) is 0 Å². The third-order valence-electron chi connectivity index (χ3n) is 4.19. The van der Waals surface area contributed by atoms with Crippen LogP contribution in [0.1, 0.15) is 47.0 Å². The Labute approximate surface area is 113 Å². The van der Waals surface area contributed by atoms with Crippen LogP contribution in [0.2, 0.25) is 0 Å². The van der Waals surface area contributed by atoms with E-state index in [9.17, 15) is 0 Å². The first-order valence-electron chi connectivity index (χ1n) is 7.37. The van der Waals surface area contributed by atoms with Crippen molar-refractivity contribution >= 4 is 0 Å². The van der Waals surface area contributed by atoms with Crippen LogP contribution in [0.4, 0.5) is 0 Å². The number of hydrogen-bond donors (Lipinski definition) is 1. The molecule has 108 valence electrons. The molecule has 1 atom stereocenters. The third-order valence-corrected chi connectivity index (χ3v) is 4.19. The third kappa shape index (κ3) is 5.25. The molecule has 18 heavy (non-hydrogen) atoms. The molecule has 1 fully saturated rings. The van der Waals surface area contributed by atoms with Crippen molar-refractivity contribution < 1.29 is 4.74 Å². The highest BCUT2D eigenvalue weighted by Gasteiger charge is 2.30. The molecular weight excluding hydrogens is 224 g/mol. The van der Waals surface area contributed by atoms with Gasteiger partial charge in [-0.25, -0.2) is 0 Å². The van der Waals surface area contributed by atoms with Gasteiger partial charge in [0.25, 0.3) is 0 Å². The predicted octanol–water partition coefficient (Wildman–Crippen LogP) is 2.51. The molecule has 1 rings (SSSR count). The van der Waals surface area contributed by atoms with Crippen molar-refractivity contribution in [3.63, 3.8) is 0 Å². The van der Waals surface area contributed by atoms with Gasteiger partial charge in [-0.3, -0.25) is 0 Å². The SMILES string of the molecule is CCC1(C)CN(CC(C)(C)CCOC)CCCN1. The topological polar surface area (TPSA) is 24.5 Å². The highest BCUT2D eigenvalue weighted by Crippen LogP contribution is 2.24. The van der Waals surface area contributed by atoms with Crippen LogP contribution < -0.4 is 5.32 Å². The highest BCUT2D eigenvalue weighted by molar-refractivity contribution is 4.89. The maximum atomic E-state index is 5.22. The Bertz CT molecular complexity index is 243. The predicted molar refractivity (Wildman–Crippen MR) is 78.0 cm³/mol. The zero-order valence-corrected chi connectivity index (χ0v) is 13.0. The van der Waals surface area contributed by atoms with Gasteiger partial charge in [0.15, 0.2) is 0 Å². The van der Waals surface area contributed by atoms with Crippen molar-refractivity contribution in [2.75, 3.05) is 39.9 Å². The average molecular weight is 256 g/mol. The molecule has 1 heterocycles. The zero-order valence-electron chi connectivity index (χ0n) is 13.0. The normalized spacial score (nSPS) is 27.2. The first kappa shape index (κ1) is 15.9. The Morgan fingerprint density at radius 1 is 1.39 bits per heavy atom. The Hall–Kier alpha value is -0.120. The molecule has 0 radical (unpaired) electrons. The molecule has 1 unspecified atom stereocenters. The maximum absolute atomic E-state index is 5.22. The molecule has 0 spiro atoms. The van der Waals surface area contributed by atoms with E-state index in [2.05, 4.69) is 37.9 Å². The Morgan fingerprint density at radius 2 is 2.11 bits per heavy atom. The zero-order chi connectivity index (χ0) is 13.6. The number of ether oxygens (including phenoxy) is 1. The molecule has 1 aliphatic heterocycles. The fourth-order valence-corrected chi connectivity index (χ4v) is 2.76. The lowest BCUT2D eigenvalue weighted by Gasteiger charge is -2.37. The van der Waals surface area contributed by atoms with E-state index in [0.717, 1.165) is 19.6 Å². The molecule has 1 N–H and O–H groups in total. The minimum atomic E-state index is 0.286. The molecule has 0 aliphatic carbocycles. The van der Waals surface area contributed by atoms with Gasteiger partial charge in [-0.2, -0.15) is 0 Å². The number of nitrogens with zero attached hydrogens (tertiary/aromatic N) is 1. The van der Waals surface area contributed by atoms with Gasteiger partial charge in [0.2, 0.25) is 0 Å². The van der Waals surface area contributed by atoms with Crippen LogP contribution in [0, 0.1) is 5.41 Å². The van der Waals surface area contributed by atoms with E-state index in [1.54, 1.807) is 7.11 Å². The second-order valence-corrected chi connectivity index (χ2v) is 6.81. The van der Waals surface area contributed by atoms with Crippen molar-refractivity contribution in [2.45, 2.75) is 52.5 Å². The van der Waals surface area contributed by atoms with Gasteiger partial charge >= 0.3 is 0 Å². The van der Waals surface area contributed by atoms with Crippen LogP contribution >= 0.6 is 0 Å². The molecule has 0 saturated carbocycles. The molecule has 3 nitrogen and oxygen atoms in total. The van der Waals surface area contributed by atoms with Crippen molar-refractivity contribution in [3.8, 4) is 0 Å². The fraction of sp³-hybridized carbons (Fsp3) is 1.00. The lowest BCUT2D eigenvalue weighted by atomic mass is 9.88. The molecule has 0 amide bonds. The van der Waals surface area contributed by atoms with E-state index in [0.29, 0.717) is 5.41 Å². The number of hydrogen-bond acceptors (Lipinski definition) is 3. The maximum Gasteiger partial charge on any atom is 0.0467 e. The second kappa shape index (κ2) is 6.88. The van der Waals surface area contributed by atoms with Gasteiger partial charge in [-0.05, 0) is 44.7 Å². The van der Waals surface area contributed by atoms with Crippen LogP contribution in [0.5, 0.6) is 0 Å². The van der Waals surface area contributed by atoms with E-state index >= 15 is 0 Å². The quantitative estimate of drug-likeness (QED) is 0.790. The van der Waals surface area contributed by atoms with E-state index in [-0.39, 0.29) is 5.54 Å². The first-order valence-corrected chi connectivity index (χ1v) is 7.37. The summed E-state index contributed by atoms with van der Waals surface area (Å²) in [5.74, 6) is 0. The summed E-state index contributed by atoms with van der Waals surface area (Å²) in [7, 11) is 1.79. The van der Waals surface area contributed by atoms with E-state index in [1.165, 1.54) is 32.5 Å². The van der Waals surface area contributed by atoms with Crippen LogP contribution in [-0.2, 0) is 4.74 Å². The summed E-state index contributed by atoms with van der Waals surface area (Å²) in [5.41, 5.74) is 0.628. The first-order chi connectivity index (χ1) is 8.41. The molecule has 0 aromatic heterocycles. The minimum Gasteiger partial charge on any atom is -0.385 e. The molecule has 0 aromatic rings. The Morgan fingerprint density at radius 3 is 2.72 bits per heavy atom. The minimum absolute atomic E-state index is 0.286. The van der Waals surface area contributed by atoms with Crippen molar-refractivity contribution in [3.05, 3.63) is 0 Å². The van der Waals surface area contributed by atoms with Gasteiger partial charge in [0.1, 0.15) is 0 Å². The average Bonchev–Trinajstić information content (AvgIpc) is 2.49. The number of nitrogens with one attached hydrogen (secondary N) is 1. The standard InChI is InChI=1S/C15H32N2O/c1-6-15(4)13-17(10-7-9-16-15)12-14(2,3)8-11-18-5/h16H,6-13H2,1-5H3.